The molecule has 1 unspecified atom stereocenters. The molecule has 0 saturated heterocycles. The van der Waals surface area contributed by atoms with Crippen molar-refractivity contribution in [3.05, 3.63) is 94.6 Å². The number of rotatable bonds is 9. The molecule has 0 radical (unpaired) electrons. The number of carbonyl (C=O) groups is 1. The van der Waals surface area contributed by atoms with Gasteiger partial charge < -0.3 is 20.5 Å². The standard InChI is InChI=1S/C25H22F5N3O3/c1-2-35-22(24(34)33-13-14-6-8-15(9-7-14)23(31)32)20-18(26)10-11-19(21(20)27)36-17-5-3-4-16(12-17)25(28,29)30/h3-12,22H,2,13H2,1H3,(H3,31,32)(H,33,34). The Kier molecular flexibility index (Phi) is 8.25. The van der Waals surface area contributed by atoms with Crippen LogP contribution in [-0.4, -0.2) is 18.3 Å². The van der Waals surface area contributed by atoms with Crippen molar-refractivity contribution in [2.45, 2.75) is 25.7 Å². The van der Waals surface area contributed by atoms with Crippen LogP contribution in [0.4, 0.5) is 22.0 Å². The van der Waals surface area contributed by atoms with Crippen molar-refractivity contribution in [1.82, 2.24) is 5.32 Å². The molecule has 3 rings (SSSR count). The van der Waals surface area contributed by atoms with E-state index in [1.807, 2.05) is 0 Å². The van der Waals surface area contributed by atoms with Crippen LogP contribution in [0.15, 0.2) is 60.7 Å². The molecule has 0 heterocycles. The number of nitrogen functional groups attached to an aromatic ring is 1. The van der Waals surface area contributed by atoms with Crippen molar-refractivity contribution >= 4 is 11.7 Å². The molecule has 0 aliphatic carbocycles. The van der Waals surface area contributed by atoms with Crippen molar-refractivity contribution in [1.29, 1.82) is 5.41 Å². The minimum Gasteiger partial charge on any atom is -0.454 e. The van der Waals surface area contributed by atoms with Gasteiger partial charge in [-0.05, 0) is 42.8 Å². The number of carbonyl (C=O) groups excluding carboxylic acids is 1. The zero-order valence-electron chi connectivity index (χ0n) is 19.0. The molecule has 1 atom stereocenters. The molecule has 0 fully saturated rings. The van der Waals surface area contributed by atoms with E-state index in [-0.39, 0.29) is 24.7 Å². The molecule has 11 heteroatoms. The van der Waals surface area contributed by atoms with E-state index in [1.54, 1.807) is 24.3 Å². The third-order valence-corrected chi connectivity index (χ3v) is 5.05. The Labute approximate surface area is 203 Å². The summed E-state index contributed by atoms with van der Waals surface area (Å²) in [4.78, 5) is 12.8. The summed E-state index contributed by atoms with van der Waals surface area (Å²) in [5.41, 5.74) is 4.77. The highest BCUT2D eigenvalue weighted by Crippen LogP contribution is 2.35. The lowest BCUT2D eigenvalue weighted by Gasteiger charge is -2.20. The van der Waals surface area contributed by atoms with E-state index in [0.29, 0.717) is 17.2 Å². The molecule has 0 aliphatic heterocycles. The Morgan fingerprint density at radius 1 is 1.08 bits per heavy atom. The van der Waals surface area contributed by atoms with Gasteiger partial charge in [0.05, 0.1) is 11.1 Å². The highest BCUT2D eigenvalue weighted by atomic mass is 19.4. The average Bonchev–Trinajstić information content (AvgIpc) is 2.83. The van der Waals surface area contributed by atoms with E-state index in [0.717, 1.165) is 24.3 Å². The summed E-state index contributed by atoms with van der Waals surface area (Å²) in [6.45, 7) is 1.45. The van der Waals surface area contributed by atoms with Crippen LogP contribution in [0, 0.1) is 17.0 Å². The van der Waals surface area contributed by atoms with Crippen molar-refractivity contribution in [2.24, 2.45) is 5.73 Å². The zero-order valence-corrected chi connectivity index (χ0v) is 19.0. The minimum atomic E-state index is -4.64. The first-order valence-electron chi connectivity index (χ1n) is 10.7. The van der Waals surface area contributed by atoms with Gasteiger partial charge in [0.25, 0.3) is 5.91 Å². The number of amides is 1. The van der Waals surface area contributed by atoms with Crippen LogP contribution in [0.2, 0.25) is 0 Å². The Hall–Kier alpha value is -3.99. The van der Waals surface area contributed by atoms with Crippen LogP contribution in [0.3, 0.4) is 0 Å². The fraction of sp³-hybridized carbons (Fsp3) is 0.200. The minimum absolute atomic E-state index is 0.00967. The quantitative estimate of drug-likeness (QED) is 0.204. The maximum absolute atomic E-state index is 15.3. The van der Waals surface area contributed by atoms with Crippen LogP contribution in [-0.2, 0) is 22.3 Å². The average molecular weight is 507 g/mol. The number of hydrogen-bond donors (Lipinski definition) is 3. The van der Waals surface area contributed by atoms with E-state index >= 15 is 4.39 Å². The fourth-order valence-corrected chi connectivity index (χ4v) is 3.27. The SMILES string of the molecule is CCOC(C(=O)NCc1ccc(C(=N)N)cc1)c1c(F)ccc(Oc2cccc(C(F)(F)F)c2)c1F. The van der Waals surface area contributed by atoms with E-state index < -0.39 is 46.7 Å². The van der Waals surface area contributed by atoms with Crippen LogP contribution in [0.5, 0.6) is 11.5 Å². The molecular weight excluding hydrogens is 485 g/mol. The third-order valence-electron chi connectivity index (χ3n) is 5.05. The summed E-state index contributed by atoms with van der Waals surface area (Å²) < 4.78 is 79.5. The first-order chi connectivity index (χ1) is 17.0. The largest absolute Gasteiger partial charge is 0.454 e. The summed E-state index contributed by atoms with van der Waals surface area (Å²) in [6, 6.07) is 11.9. The Morgan fingerprint density at radius 2 is 1.78 bits per heavy atom. The number of benzene rings is 3. The predicted octanol–water partition coefficient (Wildman–Crippen LogP) is 5.45. The number of halogens is 5. The smallest absolute Gasteiger partial charge is 0.416 e. The summed E-state index contributed by atoms with van der Waals surface area (Å²) in [7, 11) is 0. The summed E-state index contributed by atoms with van der Waals surface area (Å²) >= 11 is 0. The van der Waals surface area contributed by atoms with Crippen LogP contribution < -0.4 is 15.8 Å². The second-order valence-electron chi connectivity index (χ2n) is 7.56. The molecular formula is C25H22F5N3O3. The first-order valence-corrected chi connectivity index (χ1v) is 10.7. The van der Waals surface area contributed by atoms with Gasteiger partial charge in [-0.25, -0.2) is 8.78 Å². The van der Waals surface area contributed by atoms with Gasteiger partial charge in [0, 0.05) is 18.7 Å². The van der Waals surface area contributed by atoms with Gasteiger partial charge in [0.2, 0.25) is 0 Å². The van der Waals surface area contributed by atoms with Gasteiger partial charge in [-0.15, -0.1) is 0 Å². The third kappa shape index (κ3) is 6.36. The van der Waals surface area contributed by atoms with Gasteiger partial charge in [0.1, 0.15) is 17.4 Å². The molecule has 4 N–H and O–H groups in total. The topological polar surface area (TPSA) is 97.4 Å². The molecule has 0 aromatic heterocycles. The highest BCUT2D eigenvalue weighted by molar-refractivity contribution is 5.94. The summed E-state index contributed by atoms with van der Waals surface area (Å²) in [6.07, 6.45) is -6.34. The lowest BCUT2D eigenvalue weighted by Crippen LogP contribution is -2.31. The summed E-state index contributed by atoms with van der Waals surface area (Å²) in [5, 5.41) is 9.93. The van der Waals surface area contributed by atoms with Crippen LogP contribution in [0.1, 0.15) is 35.3 Å². The lowest BCUT2D eigenvalue weighted by atomic mass is 10.1. The van der Waals surface area contributed by atoms with Crippen molar-refractivity contribution < 1.29 is 36.2 Å². The van der Waals surface area contributed by atoms with E-state index in [1.165, 1.54) is 13.0 Å². The highest BCUT2D eigenvalue weighted by Gasteiger charge is 2.32. The maximum Gasteiger partial charge on any atom is 0.416 e. The monoisotopic (exact) mass is 507 g/mol. The second-order valence-corrected chi connectivity index (χ2v) is 7.56. The molecule has 190 valence electrons. The fourth-order valence-electron chi connectivity index (χ4n) is 3.27. The van der Waals surface area contributed by atoms with Gasteiger partial charge >= 0.3 is 6.18 Å². The molecule has 0 saturated carbocycles. The van der Waals surface area contributed by atoms with Gasteiger partial charge in [0.15, 0.2) is 17.7 Å². The lowest BCUT2D eigenvalue weighted by molar-refractivity contribution is -0.137. The second kappa shape index (κ2) is 11.2. The molecule has 0 spiro atoms. The zero-order chi connectivity index (χ0) is 26.5. The molecule has 6 nitrogen and oxygen atoms in total. The maximum atomic E-state index is 15.3. The first kappa shape index (κ1) is 26.6. The molecule has 0 aliphatic rings. The molecule has 3 aromatic carbocycles. The normalized spacial score (nSPS) is 12.2. The summed E-state index contributed by atoms with van der Waals surface area (Å²) in [5.74, 6) is -4.26. The Morgan fingerprint density at radius 3 is 2.39 bits per heavy atom. The van der Waals surface area contributed by atoms with Gasteiger partial charge in [-0.1, -0.05) is 30.3 Å². The number of amidine groups is 1. The molecule has 36 heavy (non-hydrogen) atoms. The van der Waals surface area contributed by atoms with E-state index in [2.05, 4.69) is 5.32 Å². The van der Waals surface area contributed by atoms with Gasteiger partial charge in [-0.2, -0.15) is 13.2 Å². The van der Waals surface area contributed by atoms with Gasteiger partial charge in [-0.3, -0.25) is 10.2 Å². The van der Waals surface area contributed by atoms with Crippen LogP contribution in [0.25, 0.3) is 0 Å². The number of ether oxygens (including phenoxy) is 2. The molecule has 1 amide bonds. The Balaban J connectivity index is 1.84. The Bertz CT molecular complexity index is 1250. The van der Waals surface area contributed by atoms with Crippen molar-refractivity contribution in [2.75, 3.05) is 6.61 Å². The number of nitrogens with one attached hydrogen (secondary N) is 2. The number of hydrogen-bond acceptors (Lipinski definition) is 4. The van der Waals surface area contributed by atoms with Crippen molar-refractivity contribution in [3.8, 4) is 11.5 Å². The molecule has 0 bridgehead atoms. The van der Waals surface area contributed by atoms with Crippen LogP contribution >= 0.6 is 0 Å². The van der Waals surface area contributed by atoms with E-state index in [4.69, 9.17) is 20.6 Å². The predicted molar refractivity (Wildman–Crippen MR) is 122 cm³/mol. The number of alkyl halides is 3. The number of nitrogens with two attached hydrogens (primary N) is 1. The van der Waals surface area contributed by atoms with E-state index in [9.17, 15) is 22.4 Å². The molecule has 3 aromatic rings. The van der Waals surface area contributed by atoms with Crippen molar-refractivity contribution in [3.63, 3.8) is 0 Å².